The molecule has 3 rings (SSSR count). The number of carbonyl (C=O) groups excluding carboxylic acids is 1. The van der Waals surface area contributed by atoms with Gasteiger partial charge in [0.1, 0.15) is 5.82 Å². The van der Waals surface area contributed by atoms with Crippen molar-refractivity contribution in [2.75, 3.05) is 26.8 Å². The molecule has 0 fully saturated rings. The quantitative estimate of drug-likeness (QED) is 0.776. The molecule has 1 amide bonds. The van der Waals surface area contributed by atoms with Gasteiger partial charge in [0.05, 0.1) is 25.3 Å². The average molecular weight is 369 g/mol. The van der Waals surface area contributed by atoms with E-state index in [0.29, 0.717) is 51.9 Å². The zero-order valence-corrected chi connectivity index (χ0v) is 16.1. The Bertz CT molecular complexity index is 846. The van der Waals surface area contributed by atoms with Gasteiger partial charge in [-0.2, -0.15) is 0 Å². The summed E-state index contributed by atoms with van der Waals surface area (Å²) >= 11 is 0. The number of fused-ring (bicyclic) bond motifs is 1. The van der Waals surface area contributed by atoms with Gasteiger partial charge in [0.25, 0.3) is 5.56 Å². The molecule has 0 saturated heterocycles. The molecule has 144 valence electrons. The van der Waals surface area contributed by atoms with E-state index in [-0.39, 0.29) is 11.5 Å². The molecule has 6 heteroatoms. The molecule has 0 spiro atoms. The topological polar surface area (TPSA) is 64.4 Å². The summed E-state index contributed by atoms with van der Waals surface area (Å²) in [4.78, 5) is 32.3. The van der Waals surface area contributed by atoms with Gasteiger partial charge in [-0.25, -0.2) is 4.98 Å². The lowest BCUT2D eigenvalue weighted by atomic mass is 10.1. The molecule has 0 unspecified atom stereocenters. The van der Waals surface area contributed by atoms with Crippen LogP contribution in [0.4, 0.5) is 0 Å². The average Bonchev–Trinajstić information content (AvgIpc) is 2.90. The van der Waals surface area contributed by atoms with Crippen LogP contribution in [-0.4, -0.2) is 47.2 Å². The monoisotopic (exact) mass is 369 g/mol. The molecule has 0 saturated carbocycles. The zero-order chi connectivity index (χ0) is 19.2. The lowest BCUT2D eigenvalue weighted by molar-refractivity contribution is -0.130. The first-order valence-electron chi connectivity index (χ1n) is 9.56. The number of aromatic nitrogens is 2. The maximum atomic E-state index is 13.0. The summed E-state index contributed by atoms with van der Waals surface area (Å²) in [6.45, 7) is 4.16. The van der Waals surface area contributed by atoms with E-state index in [1.54, 1.807) is 11.7 Å². The van der Waals surface area contributed by atoms with Crippen molar-refractivity contribution < 1.29 is 9.53 Å². The van der Waals surface area contributed by atoms with Crippen LogP contribution >= 0.6 is 0 Å². The van der Waals surface area contributed by atoms with E-state index in [1.807, 2.05) is 42.2 Å². The Balaban J connectivity index is 1.78. The van der Waals surface area contributed by atoms with Gasteiger partial charge in [0.2, 0.25) is 5.91 Å². The Hall–Kier alpha value is -2.47. The molecule has 1 aromatic carbocycles. The molecule has 0 aliphatic carbocycles. The summed E-state index contributed by atoms with van der Waals surface area (Å²) in [5.41, 5.74) is 2.63. The number of carbonyl (C=O) groups is 1. The largest absolute Gasteiger partial charge is 0.383 e. The van der Waals surface area contributed by atoms with Gasteiger partial charge in [-0.15, -0.1) is 0 Å². The molecule has 0 radical (unpaired) electrons. The summed E-state index contributed by atoms with van der Waals surface area (Å²) in [6.07, 6.45) is 2.27. The minimum Gasteiger partial charge on any atom is -0.383 e. The first-order chi connectivity index (χ1) is 13.1. The highest BCUT2D eigenvalue weighted by Crippen LogP contribution is 2.14. The predicted octanol–water partition coefficient (Wildman–Crippen LogP) is 1.62. The molecule has 0 atom stereocenters. The van der Waals surface area contributed by atoms with Crippen LogP contribution in [0, 0.1) is 0 Å². The van der Waals surface area contributed by atoms with Gasteiger partial charge in [0.15, 0.2) is 0 Å². The van der Waals surface area contributed by atoms with E-state index >= 15 is 0 Å². The standard InChI is InChI=1S/C21H27N3O3/c1-3-19-22-18-10-12-23(20(25)15-16-7-5-4-6-8-16)11-9-17(18)21(26)24(19)13-14-27-2/h4-8H,3,9-15H2,1-2H3. The summed E-state index contributed by atoms with van der Waals surface area (Å²) in [7, 11) is 1.63. The number of hydrogen-bond donors (Lipinski definition) is 0. The molecule has 6 nitrogen and oxygen atoms in total. The third kappa shape index (κ3) is 4.45. The first kappa shape index (κ1) is 19.3. The van der Waals surface area contributed by atoms with Crippen LogP contribution in [0.25, 0.3) is 0 Å². The fraction of sp³-hybridized carbons (Fsp3) is 0.476. The van der Waals surface area contributed by atoms with Crippen molar-refractivity contribution in [3.63, 3.8) is 0 Å². The van der Waals surface area contributed by atoms with Crippen molar-refractivity contribution in [3.05, 3.63) is 63.3 Å². The van der Waals surface area contributed by atoms with Crippen LogP contribution in [0.3, 0.4) is 0 Å². The summed E-state index contributed by atoms with van der Waals surface area (Å²) < 4.78 is 6.86. The minimum absolute atomic E-state index is 0.0197. The van der Waals surface area contributed by atoms with Crippen molar-refractivity contribution in [1.82, 2.24) is 14.5 Å². The van der Waals surface area contributed by atoms with Gasteiger partial charge >= 0.3 is 0 Å². The summed E-state index contributed by atoms with van der Waals surface area (Å²) in [5.74, 6) is 0.893. The van der Waals surface area contributed by atoms with Gasteiger partial charge in [-0.3, -0.25) is 14.2 Å². The first-order valence-corrected chi connectivity index (χ1v) is 9.56. The van der Waals surface area contributed by atoms with Gasteiger partial charge in [0, 0.05) is 38.6 Å². The number of methoxy groups -OCH3 is 1. The van der Waals surface area contributed by atoms with E-state index in [4.69, 9.17) is 9.72 Å². The van der Waals surface area contributed by atoms with Crippen molar-refractivity contribution in [2.45, 2.75) is 39.2 Å². The molecule has 1 aromatic heterocycles. The van der Waals surface area contributed by atoms with E-state index in [0.717, 1.165) is 22.6 Å². The molecule has 2 aromatic rings. The molecule has 0 N–H and O–H groups in total. The lowest BCUT2D eigenvalue weighted by Crippen LogP contribution is -2.35. The van der Waals surface area contributed by atoms with Crippen molar-refractivity contribution >= 4 is 5.91 Å². The third-order valence-electron chi connectivity index (χ3n) is 5.06. The number of benzene rings is 1. The predicted molar refractivity (Wildman–Crippen MR) is 104 cm³/mol. The normalized spacial score (nSPS) is 13.9. The molecule has 1 aliphatic heterocycles. The molecule has 2 heterocycles. The maximum Gasteiger partial charge on any atom is 0.257 e. The highest BCUT2D eigenvalue weighted by molar-refractivity contribution is 5.78. The van der Waals surface area contributed by atoms with Crippen LogP contribution in [0.2, 0.25) is 0 Å². The summed E-state index contributed by atoms with van der Waals surface area (Å²) in [5, 5.41) is 0. The third-order valence-corrected chi connectivity index (χ3v) is 5.06. The van der Waals surface area contributed by atoms with Gasteiger partial charge in [-0.05, 0) is 12.0 Å². The van der Waals surface area contributed by atoms with Gasteiger partial charge in [-0.1, -0.05) is 37.3 Å². The lowest BCUT2D eigenvalue weighted by Gasteiger charge is -2.20. The molecular formula is C21H27N3O3. The zero-order valence-electron chi connectivity index (χ0n) is 16.1. The number of ether oxygens (including phenoxy) is 1. The Morgan fingerprint density at radius 3 is 2.63 bits per heavy atom. The van der Waals surface area contributed by atoms with Gasteiger partial charge < -0.3 is 9.64 Å². The highest BCUT2D eigenvalue weighted by atomic mass is 16.5. The van der Waals surface area contributed by atoms with Crippen LogP contribution in [0.5, 0.6) is 0 Å². The maximum absolute atomic E-state index is 13.0. The second-order valence-corrected chi connectivity index (χ2v) is 6.80. The number of nitrogens with zero attached hydrogens (tertiary/aromatic N) is 3. The van der Waals surface area contributed by atoms with Crippen molar-refractivity contribution in [2.24, 2.45) is 0 Å². The van der Waals surface area contributed by atoms with E-state index in [9.17, 15) is 9.59 Å². The second kappa shape index (κ2) is 8.95. The Labute approximate surface area is 159 Å². The van der Waals surface area contributed by atoms with Crippen LogP contribution < -0.4 is 5.56 Å². The Morgan fingerprint density at radius 2 is 1.93 bits per heavy atom. The molecule has 1 aliphatic rings. The van der Waals surface area contributed by atoms with E-state index in [2.05, 4.69) is 0 Å². The number of aryl methyl sites for hydroxylation is 1. The molecule has 27 heavy (non-hydrogen) atoms. The van der Waals surface area contributed by atoms with Crippen LogP contribution in [0.15, 0.2) is 35.1 Å². The van der Waals surface area contributed by atoms with E-state index in [1.165, 1.54) is 0 Å². The minimum atomic E-state index is 0.0197. The highest BCUT2D eigenvalue weighted by Gasteiger charge is 2.23. The van der Waals surface area contributed by atoms with Crippen LogP contribution in [-0.2, 0) is 41.8 Å². The van der Waals surface area contributed by atoms with Crippen LogP contribution in [0.1, 0.15) is 29.6 Å². The fourth-order valence-electron chi connectivity index (χ4n) is 3.56. The summed E-state index contributed by atoms with van der Waals surface area (Å²) in [6, 6.07) is 9.77. The fourth-order valence-corrected chi connectivity index (χ4v) is 3.56. The SMILES string of the molecule is CCc1nc2c(c(=O)n1CCOC)CCN(C(=O)Cc1ccccc1)CC2. The number of amides is 1. The van der Waals surface area contributed by atoms with E-state index < -0.39 is 0 Å². The Morgan fingerprint density at radius 1 is 1.19 bits per heavy atom. The smallest absolute Gasteiger partial charge is 0.257 e. The molecule has 0 bridgehead atoms. The second-order valence-electron chi connectivity index (χ2n) is 6.80. The molecular weight excluding hydrogens is 342 g/mol. The van der Waals surface area contributed by atoms with Crippen molar-refractivity contribution in [3.8, 4) is 0 Å². The Kier molecular flexibility index (Phi) is 6.40. The number of rotatable bonds is 6. The number of hydrogen-bond acceptors (Lipinski definition) is 4. The van der Waals surface area contributed by atoms with Crippen molar-refractivity contribution in [1.29, 1.82) is 0 Å².